The van der Waals surface area contributed by atoms with Crippen molar-refractivity contribution in [1.29, 1.82) is 0 Å². The molecule has 1 atom stereocenters. The number of nitrogens with one attached hydrogen (secondary N) is 1. The molecule has 1 aliphatic rings. The Kier molecular flexibility index (Phi) is 12.4. The van der Waals surface area contributed by atoms with E-state index in [1.54, 1.807) is 0 Å². The Labute approximate surface area is 207 Å². The highest BCUT2D eigenvalue weighted by Gasteiger charge is 2.20. The van der Waals surface area contributed by atoms with Crippen LogP contribution in [0.3, 0.4) is 0 Å². The van der Waals surface area contributed by atoms with Gasteiger partial charge in [-0.25, -0.2) is 0 Å². The molecule has 188 valence electrons. The molecule has 0 unspecified atom stereocenters. The van der Waals surface area contributed by atoms with Gasteiger partial charge >= 0.3 is 5.97 Å². The summed E-state index contributed by atoms with van der Waals surface area (Å²) in [6, 6.07) is 9.30. The zero-order valence-corrected chi connectivity index (χ0v) is 20.6. The van der Waals surface area contributed by atoms with E-state index < -0.39 is 12.0 Å². The number of benzene rings is 2. The van der Waals surface area contributed by atoms with Crippen LogP contribution in [0.25, 0.3) is 0 Å². The second kappa shape index (κ2) is 14.5. The predicted octanol–water partition coefficient (Wildman–Crippen LogP) is 3.32. The number of carboxylic acid groups (broad SMARTS) is 1. The van der Waals surface area contributed by atoms with Gasteiger partial charge in [-0.2, -0.15) is 0 Å². The zero-order valence-electron chi connectivity index (χ0n) is 19.8. The maximum absolute atomic E-state index is 11.5. The maximum Gasteiger partial charge on any atom is 0.320 e. The van der Waals surface area contributed by atoms with E-state index in [4.69, 9.17) is 21.1 Å². The number of phenols is 2. The van der Waals surface area contributed by atoms with Gasteiger partial charge in [0.05, 0.1) is 6.42 Å². The molecule has 1 amide bonds. The van der Waals surface area contributed by atoms with Crippen molar-refractivity contribution in [3.8, 4) is 11.5 Å². The summed E-state index contributed by atoms with van der Waals surface area (Å²) in [5, 5.41) is 29.6. The number of anilines is 1. The maximum atomic E-state index is 11.5. The number of hydrogen-bond acceptors (Lipinski definition) is 6. The third-order valence-corrected chi connectivity index (χ3v) is 5.47. The number of aliphatic carboxylic acids is 1. The van der Waals surface area contributed by atoms with E-state index in [1.165, 1.54) is 55.3 Å². The molecule has 8 nitrogen and oxygen atoms in total. The highest BCUT2D eigenvalue weighted by Crippen LogP contribution is 2.27. The van der Waals surface area contributed by atoms with E-state index in [9.17, 15) is 9.59 Å². The van der Waals surface area contributed by atoms with E-state index in [0.29, 0.717) is 12.0 Å². The molecular weight excluding hydrogens is 458 g/mol. The van der Waals surface area contributed by atoms with Gasteiger partial charge in [0.15, 0.2) is 11.5 Å². The summed E-state index contributed by atoms with van der Waals surface area (Å²) < 4.78 is 0. The number of carbonyl (C=O) groups excluding carboxylic acids is 1. The minimum Gasteiger partial charge on any atom is -0.504 e. The number of nitrogens with two attached hydrogens (primary N) is 1. The summed E-state index contributed by atoms with van der Waals surface area (Å²) in [5.41, 5.74) is 9.41. The van der Waals surface area contributed by atoms with Crippen LogP contribution < -0.4 is 11.1 Å². The first-order valence-electron chi connectivity index (χ1n) is 11.4. The summed E-state index contributed by atoms with van der Waals surface area (Å²) in [4.78, 5) is 24.4. The van der Waals surface area contributed by atoms with Crippen LogP contribution in [0.2, 0.25) is 0 Å². The predicted molar refractivity (Wildman–Crippen MR) is 136 cm³/mol. The molecule has 0 radical (unpaired) electrons. The van der Waals surface area contributed by atoms with Crippen molar-refractivity contribution in [1.82, 2.24) is 4.90 Å². The number of carbonyl (C=O) groups is 2. The highest BCUT2D eigenvalue weighted by molar-refractivity contribution is 5.99. The van der Waals surface area contributed by atoms with Crippen molar-refractivity contribution in [3.05, 3.63) is 53.1 Å². The zero-order chi connectivity index (χ0) is 24.4. The van der Waals surface area contributed by atoms with Crippen molar-refractivity contribution < 1.29 is 24.9 Å². The second-order valence-electron chi connectivity index (χ2n) is 8.23. The number of fused-ring (bicyclic) bond motifs is 1. The normalized spacial score (nSPS) is 12.8. The summed E-state index contributed by atoms with van der Waals surface area (Å²) >= 11 is 0. The van der Waals surface area contributed by atoms with Crippen LogP contribution in [0.15, 0.2) is 36.4 Å². The molecule has 2 aromatic rings. The van der Waals surface area contributed by atoms with E-state index in [-0.39, 0.29) is 36.2 Å². The lowest BCUT2D eigenvalue weighted by molar-refractivity contribution is -0.138. The quantitative estimate of drug-likeness (QED) is 0.320. The lowest BCUT2D eigenvalue weighted by Gasteiger charge is -2.21. The summed E-state index contributed by atoms with van der Waals surface area (Å²) in [6.45, 7) is 7.88. The van der Waals surface area contributed by atoms with Gasteiger partial charge in [-0.05, 0) is 73.7 Å². The highest BCUT2D eigenvalue weighted by atomic mass is 35.5. The first-order chi connectivity index (χ1) is 15.7. The summed E-state index contributed by atoms with van der Waals surface area (Å²) in [7, 11) is 0. The Morgan fingerprint density at radius 3 is 2.35 bits per heavy atom. The molecule has 0 fully saturated rings. The first-order valence-corrected chi connectivity index (χ1v) is 11.4. The minimum atomic E-state index is -1.10. The van der Waals surface area contributed by atoms with Gasteiger partial charge in [0.2, 0.25) is 5.91 Å². The molecular formula is C25H36ClN3O5. The average molecular weight is 494 g/mol. The van der Waals surface area contributed by atoms with Gasteiger partial charge in [-0.3, -0.25) is 9.59 Å². The fourth-order valence-electron chi connectivity index (χ4n) is 3.83. The molecule has 0 bridgehead atoms. The number of nitrogens with zero attached hydrogens (tertiary/aromatic N) is 1. The molecule has 1 heterocycles. The Morgan fingerprint density at radius 1 is 1.09 bits per heavy atom. The second-order valence-corrected chi connectivity index (χ2v) is 8.23. The lowest BCUT2D eigenvalue weighted by atomic mass is 10.0. The van der Waals surface area contributed by atoms with Gasteiger partial charge in [0.1, 0.15) is 6.04 Å². The van der Waals surface area contributed by atoms with Crippen molar-refractivity contribution >= 4 is 30.0 Å². The Morgan fingerprint density at radius 2 is 1.76 bits per heavy atom. The standard InChI is InChI=1S/C16H24N2O.C9H11NO4.ClH/c1-3-9-18(10-4-2)11-8-13-6-5-7-15-14(13)12-16(19)17-15;10-6(9(13)14)3-5-1-2-7(11)8(12)4-5;/h5-7H,3-4,8-12H2,1-2H3,(H,17,19);1-2,4,6,11-12H,3,10H2,(H,13,14);1H/t;6-;/m.0./s1. The van der Waals surface area contributed by atoms with Crippen LogP contribution in [0.4, 0.5) is 5.69 Å². The SMILES string of the molecule is CCCN(CCC)CCc1cccc2c1CC(=O)N2.Cl.N[C@@H](Cc1ccc(O)c(O)c1)C(=O)O. The van der Waals surface area contributed by atoms with E-state index in [0.717, 1.165) is 18.7 Å². The van der Waals surface area contributed by atoms with Crippen LogP contribution >= 0.6 is 12.4 Å². The number of amides is 1. The van der Waals surface area contributed by atoms with Gasteiger partial charge in [-0.15, -0.1) is 12.4 Å². The van der Waals surface area contributed by atoms with Crippen LogP contribution in [-0.4, -0.2) is 57.8 Å². The van der Waals surface area contributed by atoms with Crippen molar-refractivity contribution in [2.24, 2.45) is 5.73 Å². The van der Waals surface area contributed by atoms with E-state index in [2.05, 4.69) is 30.1 Å². The minimum absolute atomic E-state index is 0. The van der Waals surface area contributed by atoms with Crippen LogP contribution in [0, 0.1) is 0 Å². The molecule has 0 aromatic heterocycles. The number of carboxylic acids is 1. The molecule has 0 spiro atoms. The Hall–Kier alpha value is -2.81. The molecule has 9 heteroatoms. The molecule has 0 saturated carbocycles. The van der Waals surface area contributed by atoms with Crippen molar-refractivity contribution in [2.45, 2.75) is 52.0 Å². The van der Waals surface area contributed by atoms with Gasteiger partial charge < -0.3 is 31.3 Å². The van der Waals surface area contributed by atoms with Crippen LogP contribution in [0.5, 0.6) is 11.5 Å². The average Bonchev–Trinajstić information content (AvgIpc) is 3.16. The topological polar surface area (TPSA) is 136 Å². The summed E-state index contributed by atoms with van der Waals surface area (Å²) in [5.74, 6) is -1.49. The smallest absolute Gasteiger partial charge is 0.320 e. The molecule has 3 rings (SSSR count). The third-order valence-electron chi connectivity index (χ3n) is 5.47. The Bertz CT molecular complexity index is 948. The number of phenolic OH excluding ortho intramolecular Hbond substituents is 2. The third kappa shape index (κ3) is 8.85. The first kappa shape index (κ1) is 29.2. The Balaban J connectivity index is 0.000000346. The fourth-order valence-corrected chi connectivity index (χ4v) is 3.83. The number of halogens is 1. The summed E-state index contributed by atoms with van der Waals surface area (Å²) in [6.07, 6.45) is 4.11. The molecule has 0 saturated heterocycles. The largest absolute Gasteiger partial charge is 0.504 e. The van der Waals surface area contributed by atoms with Gasteiger partial charge in [-0.1, -0.05) is 32.0 Å². The fraction of sp³-hybridized carbons (Fsp3) is 0.440. The van der Waals surface area contributed by atoms with Gasteiger partial charge in [0.25, 0.3) is 0 Å². The number of rotatable bonds is 10. The van der Waals surface area contributed by atoms with E-state index >= 15 is 0 Å². The molecule has 2 aromatic carbocycles. The lowest BCUT2D eigenvalue weighted by Crippen LogP contribution is -2.32. The molecule has 1 aliphatic heterocycles. The van der Waals surface area contributed by atoms with Crippen molar-refractivity contribution in [3.63, 3.8) is 0 Å². The number of aromatic hydroxyl groups is 2. The molecule has 6 N–H and O–H groups in total. The van der Waals surface area contributed by atoms with Gasteiger partial charge in [0, 0.05) is 12.2 Å². The van der Waals surface area contributed by atoms with E-state index in [1.807, 2.05) is 12.1 Å². The molecule has 0 aliphatic carbocycles. The monoisotopic (exact) mass is 493 g/mol. The van der Waals surface area contributed by atoms with Crippen molar-refractivity contribution in [2.75, 3.05) is 25.0 Å². The number of hydrogen-bond donors (Lipinski definition) is 5. The molecule has 34 heavy (non-hydrogen) atoms. The van der Waals surface area contributed by atoms with Crippen LogP contribution in [0.1, 0.15) is 43.4 Å². The van der Waals surface area contributed by atoms with Crippen LogP contribution in [-0.2, 0) is 28.9 Å².